The van der Waals surface area contributed by atoms with Gasteiger partial charge in [-0.3, -0.25) is 0 Å². The number of nitrogens with zero attached hydrogens (tertiary/aromatic N) is 3. The molecule has 0 amide bonds. The van der Waals surface area contributed by atoms with Gasteiger partial charge in [0.25, 0.3) is 0 Å². The van der Waals surface area contributed by atoms with Crippen molar-refractivity contribution in [3.8, 4) is 0 Å². The van der Waals surface area contributed by atoms with Crippen LogP contribution in [0, 0.1) is 7.05 Å². The molecule has 2 unspecified atom stereocenters. The first-order valence-corrected chi connectivity index (χ1v) is 8.72. The molecule has 0 saturated carbocycles. The number of allylic oxidation sites excluding steroid dienone is 1. The number of nitrogens with one attached hydrogen (secondary N) is 1. The van der Waals surface area contributed by atoms with Crippen LogP contribution in [0.1, 0.15) is 35.6 Å². The van der Waals surface area contributed by atoms with E-state index in [0.29, 0.717) is 6.04 Å². The van der Waals surface area contributed by atoms with E-state index in [1.807, 2.05) is 30.4 Å². The molecule has 4 nitrogen and oxygen atoms in total. The number of fused-ring (bicyclic) bond motifs is 8. The van der Waals surface area contributed by atoms with Crippen LogP contribution in [-0.2, 0) is 6.42 Å². The number of quaternary nitrogens is 1. The summed E-state index contributed by atoms with van der Waals surface area (Å²) in [6.45, 7) is 0. The molecular formula is C21H19MgN4-. The summed E-state index contributed by atoms with van der Waals surface area (Å²) in [5.74, 6) is 0. The van der Waals surface area contributed by atoms with Gasteiger partial charge >= 0.3 is 23.1 Å². The maximum Gasteiger partial charge on any atom is 2.00 e. The van der Waals surface area contributed by atoms with Gasteiger partial charge in [-0.05, 0) is 6.08 Å². The molecular weight excluding hydrogens is 333 g/mol. The molecule has 5 heteroatoms. The monoisotopic (exact) mass is 351 g/mol. The van der Waals surface area contributed by atoms with E-state index in [-0.39, 0.29) is 23.1 Å². The summed E-state index contributed by atoms with van der Waals surface area (Å²) in [4.78, 5) is 15.3. The predicted molar refractivity (Wildman–Crippen MR) is 102 cm³/mol. The molecule has 2 aliphatic heterocycles. The summed E-state index contributed by atoms with van der Waals surface area (Å²) >= 11 is 0. The minimum atomic E-state index is 0. The Balaban J connectivity index is 0.00000168. The average molecular weight is 352 g/mol. The summed E-state index contributed by atoms with van der Waals surface area (Å²) in [5, 5.41) is 1.86. The molecule has 0 spiro atoms. The van der Waals surface area contributed by atoms with Gasteiger partial charge in [0, 0.05) is 19.3 Å². The standard InChI is InChI=1S/C21H19N4.Mg/c1-25-20-8-9-21(25)13-19-7-5-17(24-19)11-15-3-2-14(22-15)10-16-4-6-18(12-20)23-16;/h2-7,10-12,21,25H,1,8-9,13H2;/q-3;+2/b14-10-,15-11-,20-12-;. The zero-order chi connectivity index (χ0) is 16.8. The molecule has 2 atom stereocenters. The SMILES string of the molecule is [CH2-][NH+]1/C2=C\c3ccc([n-]3)/C=c3/cc/c([n-]3)=C/c3ccc([n-]3)CC1CC2.[Mg+2]. The maximum absolute atomic E-state index is 4.76. The van der Waals surface area contributed by atoms with Crippen LogP contribution in [0.25, 0.3) is 18.2 Å². The third-order valence-electron chi connectivity index (χ3n) is 5.12. The van der Waals surface area contributed by atoms with Crippen LogP contribution in [0.5, 0.6) is 0 Å². The topological polar surface area (TPSA) is 46.7 Å². The normalized spacial score (nSPS) is 26.0. The van der Waals surface area contributed by atoms with Crippen LogP contribution in [-0.4, -0.2) is 29.1 Å². The number of hydrogen-bond acceptors (Lipinski definition) is 0. The van der Waals surface area contributed by atoms with Gasteiger partial charge in [0.2, 0.25) is 0 Å². The first kappa shape index (κ1) is 17.5. The van der Waals surface area contributed by atoms with Gasteiger partial charge in [0.1, 0.15) is 0 Å². The molecule has 3 aromatic rings. The predicted octanol–water partition coefficient (Wildman–Crippen LogP) is -0.429. The molecule has 26 heavy (non-hydrogen) atoms. The smallest absolute Gasteiger partial charge is 0.661 e. The first-order valence-electron chi connectivity index (χ1n) is 8.72. The van der Waals surface area contributed by atoms with Crippen LogP contribution in [0.15, 0.2) is 42.1 Å². The van der Waals surface area contributed by atoms with E-state index >= 15 is 0 Å². The molecule has 2 aliphatic rings. The van der Waals surface area contributed by atoms with Crippen molar-refractivity contribution in [2.75, 3.05) is 0 Å². The van der Waals surface area contributed by atoms with Crippen molar-refractivity contribution in [3.05, 3.63) is 82.6 Å². The van der Waals surface area contributed by atoms with Gasteiger partial charge < -0.3 is 19.9 Å². The van der Waals surface area contributed by atoms with Crippen molar-refractivity contribution in [1.29, 1.82) is 0 Å². The molecule has 1 fully saturated rings. The molecule has 3 aromatic heterocycles. The van der Waals surface area contributed by atoms with Crippen molar-refractivity contribution >= 4 is 41.3 Å². The Bertz CT molecular complexity index is 1070. The van der Waals surface area contributed by atoms with Crippen molar-refractivity contribution in [3.63, 3.8) is 0 Å². The Hall–Kier alpha value is -1.95. The van der Waals surface area contributed by atoms with E-state index in [1.165, 1.54) is 10.6 Å². The molecule has 5 rings (SSSR count). The molecule has 5 heterocycles. The second-order valence-corrected chi connectivity index (χ2v) is 6.87. The number of aromatic nitrogens is 3. The van der Waals surface area contributed by atoms with Gasteiger partial charge in [-0.25, -0.2) is 0 Å². The first-order chi connectivity index (χ1) is 12.2. The molecule has 126 valence electrons. The molecule has 1 N–H and O–H groups in total. The van der Waals surface area contributed by atoms with Crippen LogP contribution in [0.3, 0.4) is 0 Å². The van der Waals surface area contributed by atoms with E-state index in [1.54, 1.807) is 0 Å². The van der Waals surface area contributed by atoms with Gasteiger partial charge in [0.05, 0.1) is 11.7 Å². The summed E-state index contributed by atoms with van der Waals surface area (Å²) in [5.41, 5.74) is 5.38. The maximum atomic E-state index is 4.76. The van der Waals surface area contributed by atoms with E-state index in [4.69, 9.17) is 9.97 Å². The molecule has 0 radical (unpaired) electrons. The summed E-state index contributed by atoms with van der Waals surface area (Å²) < 4.78 is 0. The Morgan fingerprint density at radius 3 is 2.23 bits per heavy atom. The second kappa shape index (κ2) is 6.98. The van der Waals surface area contributed by atoms with Crippen LogP contribution in [0.4, 0.5) is 0 Å². The Labute approximate surface area is 168 Å². The fourth-order valence-corrected chi connectivity index (χ4v) is 3.78. The molecule has 1 saturated heterocycles. The summed E-state index contributed by atoms with van der Waals surface area (Å²) in [6, 6.07) is 12.8. The summed E-state index contributed by atoms with van der Waals surface area (Å²) in [6.07, 6.45) is 9.41. The Morgan fingerprint density at radius 1 is 0.808 bits per heavy atom. The zero-order valence-electron chi connectivity index (χ0n) is 14.7. The molecule has 0 aliphatic carbocycles. The van der Waals surface area contributed by atoms with Crippen molar-refractivity contribution in [2.24, 2.45) is 0 Å². The van der Waals surface area contributed by atoms with Crippen molar-refractivity contribution in [2.45, 2.75) is 25.3 Å². The summed E-state index contributed by atoms with van der Waals surface area (Å²) in [7, 11) is 4.35. The third-order valence-corrected chi connectivity index (χ3v) is 5.12. The molecule has 0 aromatic carbocycles. The Morgan fingerprint density at radius 2 is 1.46 bits per heavy atom. The minimum Gasteiger partial charge on any atom is -0.661 e. The van der Waals surface area contributed by atoms with Crippen molar-refractivity contribution < 1.29 is 4.90 Å². The number of rotatable bonds is 0. The van der Waals surface area contributed by atoms with E-state index < -0.39 is 0 Å². The fourth-order valence-electron chi connectivity index (χ4n) is 3.78. The number of hydrogen-bond donors (Lipinski definition) is 1. The van der Waals surface area contributed by atoms with Gasteiger partial charge in [-0.1, -0.05) is 48.6 Å². The molecule has 8 bridgehead atoms. The third kappa shape index (κ3) is 3.34. The van der Waals surface area contributed by atoms with E-state index in [9.17, 15) is 0 Å². The van der Waals surface area contributed by atoms with Gasteiger partial charge in [0.15, 0.2) is 0 Å². The van der Waals surface area contributed by atoms with Gasteiger partial charge in [-0.15, -0.1) is 34.8 Å². The van der Waals surface area contributed by atoms with Gasteiger partial charge in [-0.2, -0.15) is 5.69 Å². The average Bonchev–Trinajstić information content (AvgIpc) is 3.36. The Kier molecular flexibility index (Phi) is 4.69. The van der Waals surface area contributed by atoms with Crippen molar-refractivity contribution in [1.82, 2.24) is 15.0 Å². The van der Waals surface area contributed by atoms with Crippen LogP contribution < -0.4 is 30.6 Å². The van der Waals surface area contributed by atoms with E-state index in [0.717, 1.165) is 52.7 Å². The quantitative estimate of drug-likeness (QED) is 0.442. The zero-order valence-corrected chi connectivity index (χ0v) is 16.1. The second-order valence-electron chi connectivity index (χ2n) is 6.87. The van der Waals surface area contributed by atoms with Crippen LogP contribution >= 0.6 is 0 Å². The van der Waals surface area contributed by atoms with E-state index in [2.05, 4.69) is 36.3 Å². The largest absolute Gasteiger partial charge is 2.00 e. The van der Waals surface area contributed by atoms with Crippen LogP contribution in [0.2, 0.25) is 0 Å². The fraction of sp³-hybridized carbons (Fsp3) is 0.190. The minimum absolute atomic E-state index is 0.